The Bertz CT molecular complexity index is 619. The second-order valence-corrected chi connectivity index (χ2v) is 6.25. The van der Waals surface area contributed by atoms with Gasteiger partial charge in [0, 0.05) is 37.1 Å². The van der Waals surface area contributed by atoms with Gasteiger partial charge in [0.05, 0.1) is 17.3 Å². The van der Waals surface area contributed by atoms with Crippen LogP contribution in [0, 0.1) is 5.92 Å². The van der Waals surface area contributed by atoms with Gasteiger partial charge in [-0.1, -0.05) is 6.92 Å². The van der Waals surface area contributed by atoms with Crippen LogP contribution < -0.4 is 4.90 Å². The van der Waals surface area contributed by atoms with Gasteiger partial charge in [0.15, 0.2) is 0 Å². The molecule has 1 saturated heterocycles. The van der Waals surface area contributed by atoms with Crippen LogP contribution >= 0.6 is 15.9 Å². The number of halogens is 1. The fraction of sp³-hybridized carbons (Fsp3) is 0.467. The molecule has 1 aliphatic rings. The van der Waals surface area contributed by atoms with Crippen molar-refractivity contribution in [2.75, 3.05) is 25.1 Å². The summed E-state index contributed by atoms with van der Waals surface area (Å²) in [5.41, 5.74) is 3.03. The van der Waals surface area contributed by atoms with Crippen molar-refractivity contribution in [2.24, 2.45) is 5.92 Å². The largest absolute Gasteiger partial charge is 0.379 e. The Balaban J connectivity index is 1.98. The molecule has 0 aromatic carbocycles. The van der Waals surface area contributed by atoms with Crippen molar-refractivity contribution < 1.29 is 4.74 Å². The third-order valence-electron chi connectivity index (χ3n) is 4.06. The standard InChI is InChI=1S/C15H18BrN3O/c1-10-4-6-19(9-14(10)20-2)13-3-5-17-12-7-11(16)8-18-15(12)13/h3,5,7-8,10,14H,4,6,9H2,1-2H3. The van der Waals surface area contributed by atoms with E-state index in [4.69, 9.17) is 4.74 Å². The monoisotopic (exact) mass is 335 g/mol. The lowest BCUT2D eigenvalue weighted by atomic mass is 9.95. The van der Waals surface area contributed by atoms with E-state index < -0.39 is 0 Å². The molecule has 0 amide bonds. The highest BCUT2D eigenvalue weighted by atomic mass is 79.9. The second kappa shape index (κ2) is 5.66. The summed E-state index contributed by atoms with van der Waals surface area (Å²) in [5.74, 6) is 0.603. The molecule has 1 aliphatic heterocycles. The fourth-order valence-corrected chi connectivity index (χ4v) is 3.13. The third kappa shape index (κ3) is 2.52. The number of anilines is 1. The van der Waals surface area contributed by atoms with Crippen molar-refractivity contribution in [1.29, 1.82) is 0 Å². The molecule has 0 N–H and O–H groups in total. The molecular weight excluding hydrogens is 318 g/mol. The molecule has 0 radical (unpaired) electrons. The number of piperidine rings is 1. The molecule has 3 rings (SSSR count). The van der Waals surface area contributed by atoms with Gasteiger partial charge in [-0.05, 0) is 40.4 Å². The summed E-state index contributed by atoms with van der Waals surface area (Å²) in [7, 11) is 1.80. The van der Waals surface area contributed by atoms with Gasteiger partial charge in [-0.3, -0.25) is 9.97 Å². The van der Waals surface area contributed by atoms with Crippen LogP contribution in [-0.4, -0.2) is 36.3 Å². The molecule has 0 spiro atoms. The summed E-state index contributed by atoms with van der Waals surface area (Å²) in [6.07, 6.45) is 5.10. The molecule has 3 heterocycles. The van der Waals surface area contributed by atoms with Gasteiger partial charge in [-0.25, -0.2) is 0 Å². The summed E-state index contributed by atoms with van der Waals surface area (Å²) >= 11 is 3.45. The summed E-state index contributed by atoms with van der Waals surface area (Å²) in [5, 5.41) is 0. The molecule has 20 heavy (non-hydrogen) atoms. The normalized spacial score (nSPS) is 23.2. The van der Waals surface area contributed by atoms with E-state index >= 15 is 0 Å². The molecule has 2 atom stereocenters. The average molecular weight is 336 g/mol. The van der Waals surface area contributed by atoms with Crippen molar-refractivity contribution in [1.82, 2.24) is 9.97 Å². The maximum Gasteiger partial charge on any atom is 0.112 e. The maximum absolute atomic E-state index is 5.60. The van der Waals surface area contributed by atoms with Crippen LogP contribution in [0.25, 0.3) is 11.0 Å². The molecule has 1 fully saturated rings. The van der Waals surface area contributed by atoms with Crippen LogP contribution in [-0.2, 0) is 4.74 Å². The number of aromatic nitrogens is 2. The lowest BCUT2D eigenvalue weighted by Crippen LogP contribution is -2.44. The Morgan fingerprint density at radius 3 is 3.05 bits per heavy atom. The number of hydrogen-bond donors (Lipinski definition) is 0. The molecular formula is C15H18BrN3O. The highest BCUT2D eigenvalue weighted by Gasteiger charge is 2.27. The molecule has 4 nitrogen and oxygen atoms in total. The number of rotatable bonds is 2. The average Bonchev–Trinajstić information content (AvgIpc) is 2.47. The van der Waals surface area contributed by atoms with Gasteiger partial charge < -0.3 is 9.64 Å². The number of hydrogen-bond acceptors (Lipinski definition) is 4. The zero-order chi connectivity index (χ0) is 14.1. The van der Waals surface area contributed by atoms with Crippen LogP contribution in [0.1, 0.15) is 13.3 Å². The highest BCUT2D eigenvalue weighted by Crippen LogP contribution is 2.29. The van der Waals surface area contributed by atoms with Gasteiger partial charge in [-0.2, -0.15) is 0 Å². The summed E-state index contributed by atoms with van der Waals surface area (Å²) in [6, 6.07) is 4.05. The first-order valence-electron chi connectivity index (χ1n) is 6.87. The van der Waals surface area contributed by atoms with E-state index in [2.05, 4.69) is 37.7 Å². The van der Waals surface area contributed by atoms with Gasteiger partial charge in [0.2, 0.25) is 0 Å². The van der Waals surface area contributed by atoms with Crippen molar-refractivity contribution in [3.63, 3.8) is 0 Å². The van der Waals surface area contributed by atoms with Crippen molar-refractivity contribution in [2.45, 2.75) is 19.4 Å². The van der Waals surface area contributed by atoms with Crippen LogP contribution in [0.2, 0.25) is 0 Å². The third-order valence-corrected chi connectivity index (χ3v) is 4.49. The van der Waals surface area contributed by atoms with Gasteiger partial charge in [0.1, 0.15) is 5.52 Å². The van der Waals surface area contributed by atoms with Gasteiger partial charge in [-0.15, -0.1) is 0 Å². The van der Waals surface area contributed by atoms with Crippen LogP contribution in [0.15, 0.2) is 29.0 Å². The molecule has 106 valence electrons. The van der Waals surface area contributed by atoms with E-state index in [0.717, 1.165) is 40.7 Å². The molecule has 2 aromatic rings. The van der Waals surface area contributed by atoms with E-state index in [-0.39, 0.29) is 6.10 Å². The SMILES string of the molecule is COC1CN(c2ccnc3cc(Br)cnc23)CCC1C. The van der Waals surface area contributed by atoms with Crippen molar-refractivity contribution in [3.8, 4) is 0 Å². The Morgan fingerprint density at radius 1 is 1.40 bits per heavy atom. The number of nitrogens with zero attached hydrogens (tertiary/aromatic N) is 3. The first-order chi connectivity index (χ1) is 9.69. The molecule has 0 aliphatic carbocycles. The van der Waals surface area contributed by atoms with E-state index in [0.29, 0.717) is 5.92 Å². The van der Waals surface area contributed by atoms with Crippen molar-refractivity contribution >= 4 is 32.7 Å². The lowest BCUT2D eigenvalue weighted by Gasteiger charge is -2.37. The Morgan fingerprint density at radius 2 is 2.25 bits per heavy atom. The summed E-state index contributed by atoms with van der Waals surface area (Å²) in [4.78, 5) is 11.3. The van der Waals surface area contributed by atoms with Crippen molar-refractivity contribution in [3.05, 3.63) is 29.0 Å². The topological polar surface area (TPSA) is 38.2 Å². The van der Waals surface area contributed by atoms with E-state index in [1.54, 1.807) is 7.11 Å². The first kappa shape index (κ1) is 13.8. The van der Waals surface area contributed by atoms with Crippen LogP contribution in [0.3, 0.4) is 0 Å². The molecule has 0 bridgehead atoms. The predicted octanol–water partition coefficient (Wildman–Crippen LogP) is 3.25. The lowest BCUT2D eigenvalue weighted by molar-refractivity contribution is 0.0499. The molecule has 2 aromatic heterocycles. The number of methoxy groups -OCH3 is 1. The zero-order valence-corrected chi connectivity index (χ0v) is 13.3. The Labute approximate surface area is 127 Å². The zero-order valence-electron chi connectivity index (χ0n) is 11.7. The minimum Gasteiger partial charge on any atom is -0.379 e. The molecule has 5 heteroatoms. The first-order valence-corrected chi connectivity index (χ1v) is 7.66. The maximum atomic E-state index is 5.60. The number of pyridine rings is 2. The van der Waals surface area contributed by atoms with Crippen LogP contribution in [0.5, 0.6) is 0 Å². The van der Waals surface area contributed by atoms with Gasteiger partial charge in [0.25, 0.3) is 0 Å². The summed E-state index contributed by atoms with van der Waals surface area (Å²) in [6.45, 7) is 4.21. The molecule has 2 unspecified atom stereocenters. The second-order valence-electron chi connectivity index (χ2n) is 5.34. The quantitative estimate of drug-likeness (QED) is 0.844. The Hall–Kier alpha value is -1.20. The summed E-state index contributed by atoms with van der Waals surface area (Å²) < 4.78 is 6.56. The predicted molar refractivity (Wildman–Crippen MR) is 84.0 cm³/mol. The smallest absolute Gasteiger partial charge is 0.112 e. The fourth-order valence-electron chi connectivity index (χ4n) is 2.81. The Kier molecular flexibility index (Phi) is 3.89. The van der Waals surface area contributed by atoms with E-state index in [1.807, 2.05) is 24.5 Å². The highest BCUT2D eigenvalue weighted by molar-refractivity contribution is 9.10. The van der Waals surface area contributed by atoms with Crippen LogP contribution in [0.4, 0.5) is 5.69 Å². The van der Waals surface area contributed by atoms with E-state index in [1.165, 1.54) is 0 Å². The number of ether oxygens (including phenoxy) is 1. The van der Waals surface area contributed by atoms with E-state index in [9.17, 15) is 0 Å². The van der Waals surface area contributed by atoms with Gasteiger partial charge >= 0.3 is 0 Å². The number of fused-ring (bicyclic) bond motifs is 1. The minimum atomic E-state index is 0.280. The molecule has 0 saturated carbocycles. The minimum absolute atomic E-state index is 0.280.